The summed E-state index contributed by atoms with van der Waals surface area (Å²) in [5, 5.41) is 2.82. The van der Waals surface area contributed by atoms with Gasteiger partial charge in [-0.1, -0.05) is 6.08 Å². The van der Waals surface area contributed by atoms with Crippen LogP contribution >= 0.6 is 0 Å². The Morgan fingerprint density at radius 2 is 2.00 bits per heavy atom. The lowest BCUT2D eigenvalue weighted by Gasteiger charge is -2.26. The lowest BCUT2D eigenvalue weighted by molar-refractivity contribution is -0.145. The fourth-order valence-corrected chi connectivity index (χ4v) is 1.47. The van der Waals surface area contributed by atoms with Gasteiger partial charge in [0.05, 0.1) is 19.2 Å². The van der Waals surface area contributed by atoms with Crippen LogP contribution in [-0.4, -0.2) is 48.6 Å². The maximum atomic E-state index is 11.9. The number of carbonyl (C=O) groups is 2. The van der Waals surface area contributed by atoms with Crippen LogP contribution < -0.4 is 5.32 Å². The molecule has 1 unspecified atom stereocenters. The number of hydrogen-bond acceptors (Lipinski definition) is 4. The summed E-state index contributed by atoms with van der Waals surface area (Å²) in [6, 6.07) is -0.317. The molecule has 104 valence electrons. The SMILES string of the molecule is C=CCN(CC(=O)OCC)C(C)C(=O)NC(C)C. The van der Waals surface area contributed by atoms with Gasteiger partial charge in [-0.15, -0.1) is 6.58 Å². The van der Waals surface area contributed by atoms with E-state index in [1.165, 1.54) is 0 Å². The van der Waals surface area contributed by atoms with E-state index in [9.17, 15) is 9.59 Å². The van der Waals surface area contributed by atoms with Crippen LogP contribution in [0.1, 0.15) is 27.7 Å². The number of esters is 1. The third-order valence-corrected chi connectivity index (χ3v) is 2.36. The zero-order chi connectivity index (χ0) is 14.1. The van der Waals surface area contributed by atoms with E-state index >= 15 is 0 Å². The van der Waals surface area contributed by atoms with Gasteiger partial charge in [-0.3, -0.25) is 14.5 Å². The van der Waals surface area contributed by atoms with Crippen molar-refractivity contribution >= 4 is 11.9 Å². The normalized spacial score (nSPS) is 12.3. The number of ether oxygens (including phenoxy) is 1. The summed E-state index contributed by atoms with van der Waals surface area (Å²) in [7, 11) is 0. The van der Waals surface area contributed by atoms with E-state index in [2.05, 4.69) is 11.9 Å². The second kappa shape index (κ2) is 8.69. The average molecular weight is 256 g/mol. The van der Waals surface area contributed by atoms with Gasteiger partial charge in [-0.25, -0.2) is 0 Å². The van der Waals surface area contributed by atoms with Gasteiger partial charge in [-0.05, 0) is 27.7 Å². The molecule has 1 N–H and O–H groups in total. The molecule has 0 radical (unpaired) electrons. The van der Waals surface area contributed by atoms with Gasteiger partial charge in [-0.2, -0.15) is 0 Å². The standard InChI is InChI=1S/C13H24N2O3/c1-6-8-15(9-12(16)18-7-2)11(5)13(17)14-10(3)4/h6,10-11H,1,7-9H2,2-5H3,(H,14,17). The minimum atomic E-state index is -0.394. The first kappa shape index (κ1) is 16.6. The van der Waals surface area contributed by atoms with E-state index in [0.717, 1.165) is 0 Å². The second-order valence-corrected chi connectivity index (χ2v) is 4.36. The molecule has 0 aliphatic rings. The highest BCUT2D eigenvalue weighted by Gasteiger charge is 2.23. The smallest absolute Gasteiger partial charge is 0.320 e. The van der Waals surface area contributed by atoms with Crippen molar-refractivity contribution in [2.75, 3.05) is 19.7 Å². The number of nitrogens with one attached hydrogen (secondary N) is 1. The topological polar surface area (TPSA) is 58.6 Å². The molecule has 0 bridgehead atoms. The van der Waals surface area contributed by atoms with Gasteiger partial charge in [0.2, 0.25) is 5.91 Å². The molecule has 0 saturated heterocycles. The Balaban J connectivity index is 4.51. The number of nitrogens with zero attached hydrogens (tertiary/aromatic N) is 1. The van der Waals surface area contributed by atoms with Crippen molar-refractivity contribution in [1.82, 2.24) is 10.2 Å². The van der Waals surface area contributed by atoms with Gasteiger partial charge in [0.25, 0.3) is 0 Å². The minimum absolute atomic E-state index is 0.0770. The Morgan fingerprint density at radius 3 is 2.44 bits per heavy atom. The van der Waals surface area contributed by atoms with Crippen LogP contribution in [0.3, 0.4) is 0 Å². The highest BCUT2D eigenvalue weighted by atomic mass is 16.5. The summed E-state index contributed by atoms with van der Waals surface area (Å²) in [5.74, 6) is -0.431. The molecule has 0 aromatic rings. The van der Waals surface area contributed by atoms with Crippen molar-refractivity contribution in [2.45, 2.75) is 39.8 Å². The molecule has 0 saturated carbocycles. The Labute approximate surface area is 109 Å². The first-order valence-corrected chi connectivity index (χ1v) is 6.23. The Morgan fingerprint density at radius 1 is 1.39 bits per heavy atom. The molecule has 5 nitrogen and oxygen atoms in total. The summed E-state index contributed by atoms with van der Waals surface area (Å²) in [5.41, 5.74) is 0. The second-order valence-electron chi connectivity index (χ2n) is 4.36. The summed E-state index contributed by atoms with van der Waals surface area (Å²) in [6.07, 6.45) is 1.67. The van der Waals surface area contributed by atoms with E-state index in [4.69, 9.17) is 4.74 Å². The van der Waals surface area contributed by atoms with E-state index in [0.29, 0.717) is 13.2 Å². The van der Waals surface area contributed by atoms with Gasteiger partial charge in [0.1, 0.15) is 0 Å². The van der Waals surface area contributed by atoms with Crippen molar-refractivity contribution in [2.24, 2.45) is 0 Å². The van der Waals surface area contributed by atoms with Crippen molar-refractivity contribution in [3.05, 3.63) is 12.7 Å². The lowest BCUT2D eigenvalue weighted by atomic mass is 10.2. The predicted molar refractivity (Wildman–Crippen MR) is 71.1 cm³/mol. The van der Waals surface area contributed by atoms with Gasteiger partial charge in [0.15, 0.2) is 0 Å². The van der Waals surface area contributed by atoms with Crippen LogP contribution in [0.25, 0.3) is 0 Å². The number of amides is 1. The molecule has 0 aromatic carbocycles. The summed E-state index contributed by atoms with van der Waals surface area (Å²) >= 11 is 0. The Kier molecular flexibility index (Phi) is 8.03. The molecule has 0 rings (SSSR count). The Bertz CT molecular complexity index is 290. The summed E-state index contributed by atoms with van der Waals surface area (Å²) in [6.45, 7) is 11.8. The number of carbonyl (C=O) groups excluding carboxylic acids is 2. The number of rotatable bonds is 8. The molecule has 5 heteroatoms. The van der Waals surface area contributed by atoms with Crippen molar-refractivity contribution in [3.8, 4) is 0 Å². The van der Waals surface area contributed by atoms with Crippen LogP contribution in [0.4, 0.5) is 0 Å². The van der Waals surface area contributed by atoms with Crippen LogP contribution in [-0.2, 0) is 14.3 Å². The molecule has 0 aliphatic heterocycles. The lowest BCUT2D eigenvalue weighted by Crippen LogP contribution is -2.48. The van der Waals surface area contributed by atoms with E-state index < -0.39 is 6.04 Å². The first-order valence-electron chi connectivity index (χ1n) is 6.23. The third-order valence-electron chi connectivity index (χ3n) is 2.36. The molecule has 18 heavy (non-hydrogen) atoms. The molecule has 0 heterocycles. The quantitative estimate of drug-likeness (QED) is 0.519. The molecular formula is C13H24N2O3. The van der Waals surface area contributed by atoms with E-state index in [1.54, 1.807) is 24.8 Å². The fraction of sp³-hybridized carbons (Fsp3) is 0.692. The van der Waals surface area contributed by atoms with Crippen molar-refractivity contribution < 1.29 is 14.3 Å². The largest absolute Gasteiger partial charge is 0.465 e. The molecule has 1 atom stereocenters. The van der Waals surface area contributed by atoms with Crippen LogP contribution in [0.2, 0.25) is 0 Å². The average Bonchev–Trinajstić information content (AvgIpc) is 2.26. The predicted octanol–water partition coefficient (Wildman–Crippen LogP) is 0.951. The number of hydrogen-bond donors (Lipinski definition) is 1. The van der Waals surface area contributed by atoms with Crippen molar-refractivity contribution in [1.29, 1.82) is 0 Å². The molecular weight excluding hydrogens is 232 g/mol. The molecule has 0 spiro atoms. The van der Waals surface area contributed by atoms with E-state index in [1.807, 2.05) is 13.8 Å². The van der Waals surface area contributed by atoms with Gasteiger partial charge in [0, 0.05) is 12.6 Å². The molecule has 1 amide bonds. The highest BCUT2D eigenvalue weighted by Crippen LogP contribution is 2.01. The monoisotopic (exact) mass is 256 g/mol. The van der Waals surface area contributed by atoms with Crippen LogP contribution in [0.5, 0.6) is 0 Å². The fourth-order valence-electron chi connectivity index (χ4n) is 1.47. The molecule has 0 fully saturated rings. The first-order chi connectivity index (χ1) is 8.42. The van der Waals surface area contributed by atoms with Crippen molar-refractivity contribution in [3.63, 3.8) is 0 Å². The molecule has 0 aliphatic carbocycles. The summed E-state index contributed by atoms with van der Waals surface area (Å²) < 4.78 is 4.88. The zero-order valence-electron chi connectivity index (χ0n) is 11.7. The Hall–Kier alpha value is -1.36. The zero-order valence-corrected chi connectivity index (χ0v) is 11.7. The van der Waals surface area contributed by atoms with Gasteiger partial charge < -0.3 is 10.1 Å². The maximum Gasteiger partial charge on any atom is 0.320 e. The summed E-state index contributed by atoms with van der Waals surface area (Å²) in [4.78, 5) is 25.0. The minimum Gasteiger partial charge on any atom is -0.465 e. The van der Waals surface area contributed by atoms with E-state index in [-0.39, 0.29) is 24.5 Å². The van der Waals surface area contributed by atoms with Crippen LogP contribution in [0.15, 0.2) is 12.7 Å². The van der Waals surface area contributed by atoms with Gasteiger partial charge >= 0.3 is 5.97 Å². The van der Waals surface area contributed by atoms with Crippen LogP contribution in [0, 0.1) is 0 Å². The third kappa shape index (κ3) is 6.39. The highest BCUT2D eigenvalue weighted by molar-refractivity contribution is 5.82. The maximum absolute atomic E-state index is 11.9. The molecule has 0 aromatic heterocycles.